The third-order valence-corrected chi connectivity index (χ3v) is 3.22. The molecule has 1 heterocycles. The highest BCUT2D eigenvalue weighted by molar-refractivity contribution is 7.12. The van der Waals surface area contributed by atoms with Crippen LogP contribution in [0.4, 0.5) is 0 Å². The highest BCUT2D eigenvalue weighted by Crippen LogP contribution is 2.29. The first kappa shape index (κ1) is 7.38. The molecule has 1 atom stereocenters. The maximum atomic E-state index is 5.97. The van der Waals surface area contributed by atoms with Crippen LogP contribution < -0.4 is 0 Å². The first-order valence-electron chi connectivity index (χ1n) is 3.67. The van der Waals surface area contributed by atoms with E-state index in [0.29, 0.717) is 0 Å². The summed E-state index contributed by atoms with van der Waals surface area (Å²) in [7, 11) is 0. The predicted molar refractivity (Wildman–Crippen MR) is 51.4 cm³/mol. The van der Waals surface area contributed by atoms with E-state index in [0.717, 1.165) is 6.42 Å². The third-order valence-electron chi connectivity index (χ3n) is 1.83. The van der Waals surface area contributed by atoms with E-state index < -0.39 is 0 Å². The van der Waals surface area contributed by atoms with Crippen LogP contribution in [0.25, 0.3) is 6.08 Å². The predicted octanol–water partition coefficient (Wildman–Crippen LogP) is 3.23. The molecule has 0 fully saturated rings. The SMILES string of the molecule is Cc1cc2c(s1)CC(Cl)C=C2. The van der Waals surface area contributed by atoms with Crippen LogP contribution in [0.2, 0.25) is 0 Å². The first-order valence-corrected chi connectivity index (χ1v) is 4.92. The van der Waals surface area contributed by atoms with Gasteiger partial charge in [-0.2, -0.15) is 0 Å². The number of rotatable bonds is 0. The van der Waals surface area contributed by atoms with Crippen molar-refractivity contribution in [2.24, 2.45) is 0 Å². The van der Waals surface area contributed by atoms with E-state index in [2.05, 4.69) is 25.1 Å². The van der Waals surface area contributed by atoms with E-state index in [9.17, 15) is 0 Å². The summed E-state index contributed by atoms with van der Waals surface area (Å²) in [6.07, 6.45) is 5.20. The number of hydrogen-bond donors (Lipinski definition) is 0. The maximum Gasteiger partial charge on any atom is 0.0567 e. The molecule has 1 aromatic rings. The molecule has 0 radical (unpaired) electrons. The second-order valence-electron chi connectivity index (χ2n) is 2.81. The average molecular weight is 185 g/mol. The Morgan fingerprint density at radius 1 is 1.64 bits per heavy atom. The zero-order chi connectivity index (χ0) is 7.84. The van der Waals surface area contributed by atoms with Crippen molar-refractivity contribution >= 4 is 29.0 Å². The monoisotopic (exact) mass is 184 g/mol. The minimum atomic E-state index is 0.209. The second-order valence-corrected chi connectivity index (χ2v) is 4.72. The molecule has 1 unspecified atom stereocenters. The molecule has 0 amide bonds. The molecule has 1 aromatic heterocycles. The fourth-order valence-corrected chi connectivity index (χ4v) is 2.74. The van der Waals surface area contributed by atoms with Gasteiger partial charge in [-0.3, -0.25) is 0 Å². The Morgan fingerprint density at radius 3 is 3.27 bits per heavy atom. The van der Waals surface area contributed by atoms with Gasteiger partial charge in [0, 0.05) is 16.2 Å². The zero-order valence-corrected chi connectivity index (χ0v) is 7.88. The van der Waals surface area contributed by atoms with Crippen LogP contribution in [0.1, 0.15) is 15.3 Å². The summed E-state index contributed by atoms with van der Waals surface area (Å²) in [5, 5.41) is 0.209. The molecule has 2 heteroatoms. The van der Waals surface area contributed by atoms with Crippen molar-refractivity contribution < 1.29 is 0 Å². The molecule has 58 valence electrons. The number of alkyl halides is 1. The maximum absolute atomic E-state index is 5.97. The number of halogens is 1. The van der Waals surface area contributed by atoms with Gasteiger partial charge in [-0.1, -0.05) is 12.2 Å². The van der Waals surface area contributed by atoms with Crippen LogP contribution in [0.5, 0.6) is 0 Å². The van der Waals surface area contributed by atoms with Crippen LogP contribution in [-0.4, -0.2) is 5.38 Å². The van der Waals surface area contributed by atoms with Gasteiger partial charge in [0.15, 0.2) is 0 Å². The Balaban J connectivity index is 2.44. The van der Waals surface area contributed by atoms with Crippen molar-refractivity contribution in [1.29, 1.82) is 0 Å². The van der Waals surface area contributed by atoms with E-state index in [4.69, 9.17) is 11.6 Å². The number of fused-ring (bicyclic) bond motifs is 1. The van der Waals surface area contributed by atoms with E-state index in [-0.39, 0.29) is 5.38 Å². The Morgan fingerprint density at radius 2 is 2.45 bits per heavy atom. The van der Waals surface area contributed by atoms with Gasteiger partial charge in [0.25, 0.3) is 0 Å². The van der Waals surface area contributed by atoms with Gasteiger partial charge in [0.1, 0.15) is 0 Å². The van der Waals surface area contributed by atoms with Crippen LogP contribution in [0.15, 0.2) is 12.1 Å². The Bertz CT molecular complexity index is 299. The van der Waals surface area contributed by atoms with Gasteiger partial charge in [-0.15, -0.1) is 22.9 Å². The summed E-state index contributed by atoms with van der Waals surface area (Å²) < 4.78 is 0. The normalized spacial score (nSPS) is 21.8. The molecular formula is C9H9ClS. The zero-order valence-electron chi connectivity index (χ0n) is 6.30. The lowest BCUT2D eigenvalue weighted by molar-refractivity contribution is 1.02. The molecule has 1 aliphatic rings. The van der Waals surface area contributed by atoms with Gasteiger partial charge in [0.2, 0.25) is 0 Å². The minimum Gasteiger partial charge on any atom is -0.145 e. The second kappa shape index (κ2) is 2.65. The summed E-state index contributed by atoms with van der Waals surface area (Å²) in [4.78, 5) is 2.82. The highest BCUT2D eigenvalue weighted by atomic mass is 35.5. The molecule has 1 aliphatic carbocycles. The number of aryl methyl sites for hydroxylation is 1. The molecule has 0 spiro atoms. The summed E-state index contributed by atoms with van der Waals surface area (Å²) >= 11 is 7.83. The minimum absolute atomic E-state index is 0.209. The number of hydrogen-bond acceptors (Lipinski definition) is 1. The van der Waals surface area contributed by atoms with Crippen LogP contribution in [0.3, 0.4) is 0 Å². The van der Waals surface area contributed by atoms with Crippen LogP contribution in [0, 0.1) is 6.92 Å². The van der Waals surface area contributed by atoms with Gasteiger partial charge in [-0.25, -0.2) is 0 Å². The van der Waals surface area contributed by atoms with Crippen molar-refractivity contribution in [1.82, 2.24) is 0 Å². The summed E-state index contributed by atoms with van der Waals surface area (Å²) in [5.41, 5.74) is 1.37. The molecule has 0 saturated carbocycles. The summed E-state index contributed by atoms with van der Waals surface area (Å²) in [6, 6.07) is 2.22. The van der Waals surface area contributed by atoms with Gasteiger partial charge < -0.3 is 0 Å². The number of allylic oxidation sites excluding steroid dienone is 1. The lowest BCUT2D eigenvalue weighted by atomic mass is 10.1. The van der Waals surface area contributed by atoms with Gasteiger partial charge in [0.05, 0.1) is 5.38 Å². The topological polar surface area (TPSA) is 0 Å². The highest BCUT2D eigenvalue weighted by Gasteiger charge is 2.13. The van der Waals surface area contributed by atoms with Gasteiger partial charge in [-0.05, 0) is 18.6 Å². The van der Waals surface area contributed by atoms with E-state index in [1.165, 1.54) is 15.3 Å². The fourth-order valence-electron chi connectivity index (χ4n) is 1.34. The quantitative estimate of drug-likeness (QED) is 0.543. The Labute approximate surface area is 75.5 Å². The van der Waals surface area contributed by atoms with Crippen LogP contribution >= 0.6 is 22.9 Å². The third kappa shape index (κ3) is 1.35. The van der Waals surface area contributed by atoms with Gasteiger partial charge >= 0.3 is 0 Å². The number of thiophene rings is 1. The van der Waals surface area contributed by atoms with Crippen molar-refractivity contribution in [3.63, 3.8) is 0 Å². The van der Waals surface area contributed by atoms with Crippen molar-refractivity contribution in [2.75, 3.05) is 0 Å². The van der Waals surface area contributed by atoms with E-state index in [1.54, 1.807) is 0 Å². The molecule has 0 saturated heterocycles. The van der Waals surface area contributed by atoms with Crippen molar-refractivity contribution in [3.8, 4) is 0 Å². The standard InChI is InChI=1S/C9H9ClS/c1-6-4-7-2-3-8(10)5-9(7)11-6/h2-4,8H,5H2,1H3. The largest absolute Gasteiger partial charge is 0.145 e. The lowest BCUT2D eigenvalue weighted by Crippen LogP contribution is -2.02. The molecule has 0 bridgehead atoms. The van der Waals surface area contributed by atoms with E-state index >= 15 is 0 Å². The molecular weight excluding hydrogens is 176 g/mol. The van der Waals surface area contributed by atoms with E-state index in [1.807, 2.05) is 11.3 Å². The summed E-state index contributed by atoms with van der Waals surface area (Å²) in [6.45, 7) is 2.14. The van der Waals surface area contributed by atoms with Crippen molar-refractivity contribution in [3.05, 3.63) is 27.5 Å². The molecule has 11 heavy (non-hydrogen) atoms. The molecule has 0 aromatic carbocycles. The summed E-state index contributed by atoms with van der Waals surface area (Å²) in [5.74, 6) is 0. The molecule has 2 rings (SSSR count). The lowest BCUT2D eigenvalue weighted by Gasteiger charge is -2.08. The Kier molecular flexibility index (Phi) is 1.78. The molecule has 0 N–H and O–H groups in total. The average Bonchev–Trinajstić information content (AvgIpc) is 2.27. The van der Waals surface area contributed by atoms with Crippen LogP contribution in [-0.2, 0) is 6.42 Å². The fraction of sp³-hybridized carbons (Fsp3) is 0.333. The van der Waals surface area contributed by atoms with Crippen molar-refractivity contribution in [2.45, 2.75) is 18.7 Å². The molecule has 0 aliphatic heterocycles. The Hall–Kier alpha value is -0.270. The smallest absolute Gasteiger partial charge is 0.0567 e. The molecule has 0 nitrogen and oxygen atoms in total. The first-order chi connectivity index (χ1) is 5.25.